The molecule has 8 nitrogen and oxygen atoms in total. The van der Waals surface area contributed by atoms with Crippen molar-refractivity contribution >= 4 is 32.1 Å². The zero-order valence-electron chi connectivity index (χ0n) is 29.5. The maximum absolute atomic E-state index is 14.1. The summed E-state index contributed by atoms with van der Waals surface area (Å²) in [6, 6.07) is 14.0. The molecule has 3 aromatic rings. The summed E-state index contributed by atoms with van der Waals surface area (Å²) in [5.41, 5.74) is 4.46. The maximum atomic E-state index is 14.1. The molecule has 10 heteroatoms. The molecule has 1 unspecified atom stereocenters. The Bertz CT molecular complexity index is 1590. The van der Waals surface area contributed by atoms with E-state index in [1.54, 1.807) is 28.8 Å². The van der Waals surface area contributed by atoms with Crippen molar-refractivity contribution in [1.29, 1.82) is 0 Å². The van der Waals surface area contributed by atoms with Gasteiger partial charge in [-0.05, 0) is 71.9 Å². The van der Waals surface area contributed by atoms with E-state index in [1.165, 1.54) is 24.8 Å². The molecule has 0 saturated heterocycles. The number of carbonyl (C=O) groups is 3. The van der Waals surface area contributed by atoms with Gasteiger partial charge in [-0.3, -0.25) is 14.4 Å². The molecule has 254 valence electrons. The Morgan fingerprint density at radius 2 is 1.66 bits per heavy atom. The minimum Gasteiger partial charge on any atom is -0.469 e. The number of hydrogen-bond donors (Lipinski definition) is 0. The molecule has 3 rings (SSSR count). The standard InChI is InChI=1S/C37H50FN3O5Si/c1-11-26-14-12-13-15-27(26)24-40(7)36(44)35-34(25(2)3)32(41(39-35)29-18-16-28(38)17-19-29)21-20-31(22-30(42)23-33(43)45-8)46-47(9,10)37(4,5)6/h12-21,25,31H,11,22-24H2,1-10H3/b21-20+. The van der Waals surface area contributed by atoms with Gasteiger partial charge in [0.2, 0.25) is 0 Å². The lowest BCUT2D eigenvalue weighted by atomic mass is 9.98. The molecule has 0 aliphatic carbocycles. The lowest BCUT2D eigenvalue weighted by Crippen LogP contribution is -2.44. The Kier molecular flexibility index (Phi) is 12.6. The molecule has 0 bridgehead atoms. The Morgan fingerprint density at radius 1 is 1.04 bits per heavy atom. The van der Waals surface area contributed by atoms with Crippen LogP contribution in [0.1, 0.15) is 93.2 Å². The number of aromatic nitrogens is 2. The minimum atomic E-state index is -2.36. The van der Waals surface area contributed by atoms with Gasteiger partial charge >= 0.3 is 5.97 Å². The Balaban J connectivity index is 2.15. The van der Waals surface area contributed by atoms with E-state index in [-0.39, 0.29) is 41.3 Å². The highest BCUT2D eigenvalue weighted by atomic mass is 28.4. The number of rotatable bonds is 14. The van der Waals surface area contributed by atoms with Crippen LogP contribution in [0.15, 0.2) is 54.6 Å². The number of carbonyl (C=O) groups excluding carboxylic acids is 3. The van der Waals surface area contributed by atoms with E-state index in [0.717, 1.165) is 17.5 Å². The molecule has 1 amide bonds. The van der Waals surface area contributed by atoms with Crippen LogP contribution in [0.4, 0.5) is 4.39 Å². The average Bonchev–Trinajstić information content (AvgIpc) is 3.39. The highest BCUT2D eigenvalue weighted by Gasteiger charge is 2.39. The summed E-state index contributed by atoms with van der Waals surface area (Å²) in [6.07, 6.45) is 3.48. The van der Waals surface area contributed by atoms with E-state index in [4.69, 9.17) is 14.3 Å². The van der Waals surface area contributed by atoms with Gasteiger partial charge in [0.25, 0.3) is 5.91 Å². The number of halogens is 1. The fourth-order valence-electron chi connectivity index (χ4n) is 5.11. The van der Waals surface area contributed by atoms with E-state index in [9.17, 15) is 18.8 Å². The molecule has 1 heterocycles. The van der Waals surface area contributed by atoms with Crippen molar-refractivity contribution in [3.05, 3.63) is 88.5 Å². The van der Waals surface area contributed by atoms with E-state index in [0.29, 0.717) is 23.6 Å². The van der Waals surface area contributed by atoms with Gasteiger partial charge in [0.15, 0.2) is 14.0 Å². The van der Waals surface area contributed by atoms with Crippen LogP contribution in [0.3, 0.4) is 0 Å². The molecule has 2 aromatic carbocycles. The molecule has 0 N–H and O–H groups in total. The van der Waals surface area contributed by atoms with Crippen molar-refractivity contribution < 1.29 is 27.9 Å². The van der Waals surface area contributed by atoms with Crippen LogP contribution in [0.5, 0.6) is 0 Å². The van der Waals surface area contributed by atoms with Crippen molar-refractivity contribution in [2.24, 2.45) is 0 Å². The predicted octanol–water partition coefficient (Wildman–Crippen LogP) is 7.90. The van der Waals surface area contributed by atoms with Gasteiger partial charge in [-0.15, -0.1) is 0 Å². The number of hydrogen-bond acceptors (Lipinski definition) is 6. The second kappa shape index (κ2) is 15.8. The number of Topliss-reactive ketones (excluding diaryl/α,β-unsaturated/α-hetero) is 1. The topological polar surface area (TPSA) is 90.7 Å². The number of nitrogens with zero attached hydrogens (tertiary/aromatic N) is 3. The summed E-state index contributed by atoms with van der Waals surface area (Å²) in [6.45, 7) is 17.0. The van der Waals surface area contributed by atoms with Gasteiger partial charge in [0.1, 0.15) is 18.0 Å². The molecule has 1 aromatic heterocycles. The van der Waals surface area contributed by atoms with Crippen LogP contribution < -0.4 is 0 Å². The second-order valence-corrected chi connectivity index (χ2v) is 18.5. The molecule has 0 fully saturated rings. The van der Waals surface area contributed by atoms with E-state index < -0.39 is 20.4 Å². The lowest BCUT2D eigenvalue weighted by Gasteiger charge is -2.38. The molecule has 0 aliphatic rings. The van der Waals surface area contributed by atoms with Crippen LogP contribution in [-0.2, 0) is 31.7 Å². The Hall–Kier alpha value is -3.89. The summed E-state index contributed by atoms with van der Waals surface area (Å²) < 4.78 is 27.0. The van der Waals surface area contributed by atoms with Crippen molar-refractivity contribution in [1.82, 2.24) is 14.7 Å². The number of aryl methyl sites for hydroxylation is 1. The predicted molar refractivity (Wildman–Crippen MR) is 187 cm³/mol. The highest BCUT2D eigenvalue weighted by molar-refractivity contribution is 6.74. The first-order valence-corrected chi connectivity index (χ1v) is 19.1. The average molecular weight is 664 g/mol. The van der Waals surface area contributed by atoms with Crippen molar-refractivity contribution in [2.45, 2.75) is 97.5 Å². The first-order chi connectivity index (χ1) is 22.0. The third-order valence-corrected chi connectivity index (χ3v) is 13.3. The largest absolute Gasteiger partial charge is 0.469 e. The zero-order chi connectivity index (χ0) is 35.1. The monoisotopic (exact) mass is 663 g/mol. The molecule has 0 aliphatic heterocycles. The number of amides is 1. The summed E-state index contributed by atoms with van der Waals surface area (Å²) in [7, 11) is 0.659. The minimum absolute atomic E-state index is 0.0226. The molecular formula is C37H50FN3O5Si. The van der Waals surface area contributed by atoms with Crippen LogP contribution >= 0.6 is 0 Å². The maximum Gasteiger partial charge on any atom is 0.313 e. The first-order valence-electron chi connectivity index (χ1n) is 16.1. The Morgan fingerprint density at radius 3 is 2.21 bits per heavy atom. The normalized spacial score (nSPS) is 12.9. The second-order valence-electron chi connectivity index (χ2n) is 13.7. The lowest BCUT2D eigenvalue weighted by molar-refractivity contribution is -0.143. The number of ether oxygens (including phenoxy) is 1. The van der Waals surface area contributed by atoms with E-state index >= 15 is 0 Å². The van der Waals surface area contributed by atoms with E-state index in [2.05, 4.69) is 46.9 Å². The highest BCUT2D eigenvalue weighted by Crippen LogP contribution is 2.38. The molecular weight excluding hydrogens is 614 g/mol. The van der Waals surface area contributed by atoms with Crippen molar-refractivity contribution in [2.75, 3.05) is 14.2 Å². The van der Waals surface area contributed by atoms with Gasteiger partial charge in [0.05, 0.1) is 24.6 Å². The molecule has 0 radical (unpaired) electrons. The summed E-state index contributed by atoms with van der Waals surface area (Å²) in [4.78, 5) is 40.6. The van der Waals surface area contributed by atoms with Crippen LogP contribution in [0, 0.1) is 5.82 Å². The number of esters is 1. The summed E-state index contributed by atoms with van der Waals surface area (Å²) >= 11 is 0. The van der Waals surface area contributed by atoms with Gasteiger partial charge in [0, 0.05) is 25.6 Å². The van der Waals surface area contributed by atoms with Crippen molar-refractivity contribution in [3.63, 3.8) is 0 Å². The molecule has 0 spiro atoms. The number of benzene rings is 2. The third-order valence-electron chi connectivity index (χ3n) is 8.78. The van der Waals surface area contributed by atoms with E-state index in [1.807, 2.05) is 44.2 Å². The van der Waals surface area contributed by atoms with Gasteiger partial charge < -0.3 is 14.1 Å². The quantitative estimate of drug-likeness (QED) is 0.0990. The number of methoxy groups -OCH3 is 1. The van der Waals surface area contributed by atoms with Crippen LogP contribution in [0.25, 0.3) is 11.8 Å². The zero-order valence-corrected chi connectivity index (χ0v) is 30.5. The molecule has 47 heavy (non-hydrogen) atoms. The molecule has 1 atom stereocenters. The smallest absolute Gasteiger partial charge is 0.313 e. The van der Waals surface area contributed by atoms with Crippen LogP contribution in [-0.4, -0.2) is 60.9 Å². The summed E-state index contributed by atoms with van der Waals surface area (Å²) in [5.74, 6) is -1.64. The Labute approximate surface area is 280 Å². The molecule has 0 saturated carbocycles. The number of ketones is 1. The van der Waals surface area contributed by atoms with Gasteiger partial charge in [-0.2, -0.15) is 5.10 Å². The van der Waals surface area contributed by atoms with Crippen LogP contribution in [0.2, 0.25) is 18.1 Å². The third kappa shape index (κ3) is 9.57. The van der Waals surface area contributed by atoms with Gasteiger partial charge in [-0.1, -0.05) is 71.9 Å². The fraction of sp³-hybridized carbons (Fsp3) is 0.459. The fourth-order valence-corrected chi connectivity index (χ4v) is 6.38. The summed E-state index contributed by atoms with van der Waals surface area (Å²) in [5, 5.41) is 4.70. The van der Waals surface area contributed by atoms with Crippen molar-refractivity contribution in [3.8, 4) is 5.69 Å². The van der Waals surface area contributed by atoms with Gasteiger partial charge in [-0.25, -0.2) is 9.07 Å². The first kappa shape index (κ1) is 37.6. The SMILES string of the molecule is CCc1ccccc1CN(C)C(=O)c1nn(-c2ccc(F)cc2)c(/C=C/C(CC(=O)CC(=O)OC)O[Si](C)(C)C(C)(C)C)c1C(C)C.